The first kappa shape index (κ1) is 25.3. The molecule has 0 bridgehead atoms. The summed E-state index contributed by atoms with van der Waals surface area (Å²) in [5, 5.41) is 12.8. The van der Waals surface area contributed by atoms with Crippen molar-refractivity contribution >= 4 is 29.1 Å². The van der Waals surface area contributed by atoms with Crippen molar-refractivity contribution in [3.8, 4) is 23.2 Å². The smallest absolute Gasteiger partial charge is 0.261 e. The van der Waals surface area contributed by atoms with E-state index in [0.29, 0.717) is 33.5 Å². The maximum atomic E-state index is 14.2. The van der Waals surface area contributed by atoms with Crippen molar-refractivity contribution in [1.29, 1.82) is 5.26 Å². The number of nitrogens with one attached hydrogen (secondary N) is 1. The van der Waals surface area contributed by atoms with Gasteiger partial charge in [0.25, 0.3) is 5.91 Å². The Labute approximate surface area is 226 Å². The maximum Gasteiger partial charge on any atom is 0.261 e. The van der Waals surface area contributed by atoms with Crippen molar-refractivity contribution in [3.63, 3.8) is 0 Å². The normalized spacial score (nSPS) is 14.5. The standard InChI is InChI=1S/C29H27ClN6O2/c1-16(2)35-24(22-15-33-29(32-4)34-27(22)38-5)13-21-26(35)25(19-9-7-18(14-31)8-10-19)36(28(21)37)23-12-20(30)11-6-17(23)3/h6-13,15-16,25H,1-5H3,(H,32,33,34). The van der Waals surface area contributed by atoms with E-state index in [1.165, 1.54) is 0 Å². The summed E-state index contributed by atoms with van der Waals surface area (Å²) in [6.07, 6.45) is 1.71. The molecular formula is C29H27ClN6O2. The van der Waals surface area contributed by atoms with Gasteiger partial charge >= 0.3 is 0 Å². The molecule has 5 rings (SSSR count). The number of carbonyl (C=O) groups excluding carboxylic acids is 1. The minimum atomic E-state index is -0.443. The molecule has 1 amide bonds. The van der Waals surface area contributed by atoms with Gasteiger partial charge in [0.15, 0.2) is 0 Å². The van der Waals surface area contributed by atoms with Crippen molar-refractivity contribution in [2.45, 2.75) is 32.9 Å². The fourth-order valence-electron chi connectivity index (χ4n) is 5.08. The monoisotopic (exact) mass is 526 g/mol. The second-order valence-corrected chi connectivity index (χ2v) is 9.84. The number of aryl methyl sites for hydroxylation is 1. The van der Waals surface area contributed by atoms with Crippen molar-refractivity contribution in [2.75, 3.05) is 24.4 Å². The number of hydrogen-bond acceptors (Lipinski definition) is 6. The van der Waals surface area contributed by atoms with Gasteiger partial charge in [0.1, 0.15) is 6.04 Å². The molecule has 2 aromatic carbocycles. The Morgan fingerprint density at radius 3 is 2.50 bits per heavy atom. The number of nitrogens with zero attached hydrogens (tertiary/aromatic N) is 5. The van der Waals surface area contributed by atoms with Crippen molar-refractivity contribution in [2.24, 2.45) is 0 Å². The summed E-state index contributed by atoms with van der Waals surface area (Å²) in [5.41, 5.74) is 6.02. The molecule has 0 spiro atoms. The highest BCUT2D eigenvalue weighted by Gasteiger charge is 2.44. The highest BCUT2D eigenvalue weighted by atomic mass is 35.5. The van der Waals surface area contributed by atoms with Gasteiger partial charge in [-0.1, -0.05) is 29.8 Å². The Bertz CT molecular complexity index is 1590. The molecule has 0 radical (unpaired) electrons. The maximum absolute atomic E-state index is 14.2. The molecule has 1 atom stereocenters. The Balaban J connectivity index is 1.79. The van der Waals surface area contributed by atoms with Gasteiger partial charge in [-0.25, -0.2) is 4.98 Å². The molecule has 1 unspecified atom stereocenters. The molecule has 8 nitrogen and oxygen atoms in total. The van der Waals surface area contributed by atoms with E-state index in [0.717, 1.165) is 28.2 Å². The van der Waals surface area contributed by atoms with E-state index in [-0.39, 0.29) is 11.9 Å². The molecule has 1 aliphatic rings. The number of halogens is 1. The zero-order chi connectivity index (χ0) is 27.1. The Morgan fingerprint density at radius 2 is 1.87 bits per heavy atom. The molecular weight excluding hydrogens is 500 g/mol. The predicted molar refractivity (Wildman–Crippen MR) is 148 cm³/mol. The average Bonchev–Trinajstić information content (AvgIpc) is 3.44. The van der Waals surface area contributed by atoms with Gasteiger partial charge < -0.3 is 14.6 Å². The van der Waals surface area contributed by atoms with E-state index >= 15 is 0 Å². The number of amides is 1. The van der Waals surface area contributed by atoms with Gasteiger partial charge in [0.05, 0.1) is 41.3 Å². The van der Waals surface area contributed by atoms with Crippen LogP contribution in [0.1, 0.15) is 58.7 Å². The molecule has 0 fully saturated rings. The minimum Gasteiger partial charge on any atom is -0.480 e. The van der Waals surface area contributed by atoms with Gasteiger partial charge in [-0.15, -0.1) is 0 Å². The number of fused-ring (bicyclic) bond motifs is 1. The third-order valence-corrected chi connectivity index (χ3v) is 7.03. The lowest BCUT2D eigenvalue weighted by molar-refractivity contribution is 0.0993. The van der Waals surface area contributed by atoms with E-state index in [1.54, 1.807) is 37.4 Å². The van der Waals surface area contributed by atoms with Crippen LogP contribution in [-0.4, -0.2) is 34.6 Å². The van der Waals surface area contributed by atoms with Gasteiger partial charge in [0.2, 0.25) is 11.8 Å². The summed E-state index contributed by atoms with van der Waals surface area (Å²) >= 11 is 6.39. The van der Waals surface area contributed by atoms with Crippen LogP contribution in [0.3, 0.4) is 0 Å². The van der Waals surface area contributed by atoms with E-state index < -0.39 is 6.04 Å². The van der Waals surface area contributed by atoms with Crippen LogP contribution < -0.4 is 15.0 Å². The molecule has 0 aliphatic carbocycles. The van der Waals surface area contributed by atoms with Gasteiger partial charge in [-0.3, -0.25) is 9.69 Å². The number of anilines is 2. The van der Waals surface area contributed by atoms with Crippen LogP contribution in [-0.2, 0) is 0 Å². The summed E-state index contributed by atoms with van der Waals surface area (Å²) < 4.78 is 7.76. The fourth-order valence-corrected chi connectivity index (χ4v) is 5.24. The molecule has 2 aromatic heterocycles. The number of carbonyl (C=O) groups is 1. The number of ether oxygens (including phenoxy) is 1. The SMILES string of the molecule is CNc1ncc(-c2cc3c(n2C(C)C)C(c2ccc(C#N)cc2)N(c2cc(Cl)ccc2C)C3=O)c(OC)n1. The van der Waals surface area contributed by atoms with E-state index in [9.17, 15) is 10.1 Å². The summed E-state index contributed by atoms with van der Waals surface area (Å²) in [4.78, 5) is 24.9. The Kier molecular flexibility index (Phi) is 6.55. The van der Waals surface area contributed by atoms with Crippen molar-refractivity contribution in [1.82, 2.24) is 14.5 Å². The first-order valence-corrected chi connectivity index (χ1v) is 12.6. The van der Waals surface area contributed by atoms with Gasteiger partial charge in [0, 0.05) is 30.0 Å². The molecule has 9 heteroatoms. The summed E-state index contributed by atoms with van der Waals surface area (Å²) in [6, 6.07) is 16.5. The van der Waals surface area contributed by atoms with Crippen LogP contribution in [0, 0.1) is 18.3 Å². The number of benzene rings is 2. The lowest BCUT2D eigenvalue weighted by atomic mass is 10.0. The Hall–Kier alpha value is -4.35. The lowest BCUT2D eigenvalue weighted by Gasteiger charge is -2.30. The zero-order valence-electron chi connectivity index (χ0n) is 21.8. The van der Waals surface area contributed by atoms with Crippen molar-refractivity contribution in [3.05, 3.63) is 87.7 Å². The second-order valence-electron chi connectivity index (χ2n) is 9.40. The first-order valence-electron chi connectivity index (χ1n) is 12.2. The Morgan fingerprint density at radius 1 is 1.13 bits per heavy atom. The van der Waals surface area contributed by atoms with E-state index in [1.807, 2.05) is 43.3 Å². The average molecular weight is 527 g/mol. The number of aromatic nitrogens is 3. The number of methoxy groups -OCH3 is 1. The molecule has 4 aromatic rings. The van der Waals surface area contributed by atoms with E-state index in [4.69, 9.17) is 16.3 Å². The van der Waals surface area contributed by atoms with Gasteiger partial charge in [-0.05, 0) is 62.2 Å². The molecule has 3 heterocycles. The summed E-state index contributed by atoms with van der Waals surface area (Å²) in [6.45, 7) is 6.12. The number of rotatable bonds is 6. The van der Waals surface area contributed by atoms with E-state index in [2.05, 4.69) is 39.8 Å². The number of nitriles is 1. The largest absolute Gasteiger partial charge is 0.480 e. The van der Waals surface area contributed by atoms with Crippen LogP contribution >= 0.6 is 11.6 Å². The topological polar surface area (TPSA) is 96.1 Å². The molecule has 0 saturated carbocycles. The van der Waals surface area contributed by atoms with Crippen LogP contribution in [0.5, 0.6) is 5.88 Å². The molecule has 1 aliphatic heterocycles. The zero-order valence-corrected chi connectivity index (χ0v) is 22.5. The van der Waals surface area contributed by atoms with Crippen molar-refractivity contribution < 1.29 is 9.53 Å². The van der Waals surface area contributed by atoms with Gasteiger partial charge in [-0.2, -0.15) is 10.2 Å². The summed E-state index contributed by atoms with van der Waals surface area (Å²) in [7, 11) is 3.31. The molecule has 0 saturated heterocycles. The summed E-state index contributed by atoms with van der Waals surface area (Å²) in [5.74, 6) is 0.717. The van der Waals surface area contributed by atoms with Crippen LogP contribution in [0.25, 0.3) is 11.3 Å². The molecule has 38 heavy (non-hydrogen) atoms. The predicted octanol–water partition coefficient (Wildman–Crippen LogP) is 6.16. The van der Waals surface area contributed by atoms with Crippen LogP contribution in [0.15, 0.2) is 54.7 Å². The highest BCUT2D eigenvalue weighted by molar-refractivity contribution is 6.31. The third-order valence-electron chi connectivity index (χ3n) is 6.79. The third kappa shape index (κ3) is 4.05. The van der Waals surface area contributed by atoms with Crippen LogP contribution in [0.2, 0.25) is 5.02 Å². The fraction of sp³-hybridized carbons (Fsp3) is 0.241. The van der Waals surface area contributed by atoms with Crippen LogP contribution in [0.4, 0.5) is 11.6 Å². The quantitative estimate of drug-likeness (QED) is 0.323. The first-order chi connectivity index (χ1) is 18.3. The minimum absolute atomic E-state index is 0.00322. The second kappa shape index (κ2) is 9.84. The molecule has 192 valence electrons. The lowest BCUT2D eigenvalue weighted by Crippen LogP contribution is -2.30. The molecule has 1 N–H and O–H groups in total. The highest BCUT2D eigenvalue weighted by Crippen LogP contribution is 2.47. The number of hydrogen-bond donors (Lipinski definition) is 1.